The standard InChI is InChI=1S/C4H4Br2N2O.H2O/c5-4(6,1-2-7)3(8)9;/h1H2,(H2,8,9);1H2. The lowest BCUT2D eigenvalue weighted by atomic mass is 10.3. The van der Waals surface area contributed by atoms with Crippen molar-refractivity contribution in [3.05, 3.63) is 0 Å². The monoisotopic (exact) mass is 272 g/mol. The van der Waals surface area contributed by atoms with Crippen molar-refractivity contribution < 1.29 is 10.3 Å². The molecule has 0 aliphatic heterocycles. The molecule has 0 aromatic rings. The van der Waals surface area contributed by atoms with Gasteiger partial charge in [-0.2, -0.15) is 5.26 Å². The van der Waals surface area contributed by atoms with Gasteiger partial charge in [0.2, 0.25) is 5.91 Å². The molecule has 1 amide bonds. The van der Waals surface area contributed by atoms with Crippen LogP contribution >= 0.6 is 31.9 Å². The van der Waals surface area contributed by atoms with Gasteiger partial charge in [0.25, 0.3) is 0 Å². The van der Waals surface area contributed by atoms with E-state index in [9.17, 15) is 4.79 Å². The predicted molar refractivity (Wildman–Crippen MR) is 43.6 cm³/mol. The summed E-state index contributed by atoms with van der Waals surface area (Å²) in [7, 11) is 0. The van der Waals surface area contributed by atoms with E-state index in [2.05, 4.69) is 31.9 Å². The van der Waals surface area contributed by atoms with E-state index in [0.717, 1.165) is 0 Å². The maximum absolute atomic E-state index is 10.4. The number of alkyl halides is 2. The van der Waals surface area contributed by atoms with Crippen LogP contribution in [0.15, 0.2) is 0 Å². The van der Waals surface area contributed by atoms with E-state index in [1.807, 2.05) is 0 Å². The Kier molecular flexibility index (Phi) is 5.84. The molecule has 0 heterocycles. The zero-order chi connectivity index (χ0) is 7.49. The summed E-state index contributed by atoms with van der Waals surface area (Å²) in [5.41, 5.74) is 4.87. The Bertz CT molecular complexity index is 163. The average molecular weight is 274 g/mol. The lowest BCUT2D eigenvalue weighted by Crippen LogP contribution is -2.31. The Morgan fingerprint density at radius 3 is 2.20 bits per heavy atom. The van der Waals surface area contributed by atoms with E-state index in [-0.39, 0.29) is 11.9 Å². The van der Waals surface area contributed by atoms with Gasteiger partial charge < -0.3 is 11.2 Å². The van der Waals surface area contributed by atoms with Crippen molar-refractivity contribution in [2.45, 2.75) is 9.65 Å². The highest BCUT2D eigenvalue weighted by Crippen LogP contribution is 2.28. The highest BCUT2D eigenvalue weighted by Gasteiger charge is 2.29. The van der Waals surface area contributed by atoms with Crippen molar-refractivity contribution in [3.8, 4) is 6.07 Å². The molecule has 0 unspecified atom stereocenters. The minimum atomic E-state index is -1.05. The summed E-state index contributed by atoms with van der Waals surface area (Å²) in [6.45, 7) is 0. The second-order valence-electron chi connectivity index (χ2n) is 1.40. The highest BCUT2D eigenvalue weighted by atomic mass is 79.9. The van der Waals surface area contributed by atoms with Crippen LogP contribution in [-0.2, 0) is 4.79 Å². The first-order valence-corrected chi connectivity index (χ1v) is 3.64. The van der Waals surface area contributed by atoms with E-state index in [0.29, 0.717) is 0 Å². The first-order valence-electron chi connectivity index (χ1n) is 2.05. The molecule has 10 heavy (non-hydrogen) atoms. The number of nitrogens with zero attached hydrogens (tertiary/aromatic N) is 1. The summed E-state index contributed by atoms with van der Waals surface area (Å²) in [6, 6.07) is 1.79. The number of nitrogens with two attached hydrogens (primary N) is 1. The van der Waals surface area contributed by atoms with Crippen LogP contribution < -0.4 is 5.73 Å². The molecule has 4 nitrogen and oxygen atoms in total. The molecule has 0 aromatic carbocycles. The van der Waals surface area contributed by atoms with Crippen LogP contribution in [0.4, 0.5) is 0 Å². The number of primary amides is 1. The molecule has 0 aromatic heterocycles. The maximum Gasteiger partial charge on any atom is 0.246 e. The van der Waals surface area contributed by atoms with E-state index in [1.54, 1.807) is 6.07 Å². The van der Waals surface area contributed by atoms with E-state index in [4.69, 9.17) is 11.0 Å². The molecule has 0 aliphatic rings. The van der Waals surface area contributed by atoms with Gasteiger partial charge in [-0.15, -0.1) is 0 Å². The molecule has 0 radical (unpaired) electrons. The normalized spacial score (nSPS) is 9.30. The fraction of sp³-hybridized carbons (Fsp3) is 0.500. The van der Waals surface area contributed by atoms with Crippen molar-refractivity contribution in [1.82, 2.24) is 0 Å². The largest absolute Gasteiger partial charge is 0.412 e. The summed E-state index contributed by atoms with van der Waals surface area (Å²) in [4.78, 5) is 10.4. The Morgan fingerprint density at radius 2 is 2.10 bits per heavy atom. The number of nitriles is 1. The summed E-state index contributed by atoms with van der Waals surface area (Å²) < 4.78 is -1.05. The molecule has 0 aliphatic carbocycles. The highest BCUT2D eigenvalue weighted by molar-refractivity contribution is 9.25. The summed E-state index contributed by atoms with van der Waals surface area (Å²) in [5.74, 6) is -0.593. The SMILES string of the molecule is N#CCC(Br)(Br)C(N)=O.O. The van der Waals surface area contributed by atoms with Crippen LogP contribution in [0.3, 0.4) is 0 Å². The van der Waals surface area contributed by atoms with Crippen LogP contribution in [0.5, 0.6) is 0 Å². The minimum absolute atomic E-state index is 0. The van der Waals surface area contributed by atoms with Gasteiger partial charge in [0.15, 0.2) is 3.23 Å². The van der Waals surface area contributed by atoms with Crippen molar-refractivity contribution in [2.24, 2.45) is 5.73 Å². The lowest BCUT2D eigenvalue weighted by molar-refractivity contribution is -0.117. The molecular weight excluding hydrogens is 268 g/mol. The maximum atomic E-state index is 10.4. The Balaban J connectivity index is 0. The third-order valence-electron chi connectivity index (χ3n) is 0.662. The predicted octanol–water partition coefficient (Wildman–Crippen LogP) is 0.0468. The summed E-state index contributed by atoms with van der Waals surface area (Å²) in [6.07, 6.45) is 0.0162. The molecule has 6 heteroatoms. The molecule has 4 N–H and O–H groups in total. The topological polar surface area (TPSA) is 98.4 Å². The van der Waals surface area contributed by atoms with Gasteiger partial charge in [0, 0.05) is 0 Å². The van der Waals surface area contributed by atoms with Crippen molar-refractivity contribution in [1.29, 1.82) is 5.26 Å². The van der Waals surface area contributed by atoms with Gasteiger partial charge in [-0.3, -0.25) is 4.79 Å². The number of hydrogen-bond acceptors (Lipinski definition) is 2. The van der Waals surface area contributed by atoms with Crippen LogP contribution in [0.25, 0.3) is 0 Å². The van der Waals surface area contributed by atoms with Crippen LogP contribution in [0, 0.1) is 11.3 Å². The first kappa shape index (κ1) is 12.5. The number of hydrogen-bond donors (Lipinski definition) is 1. The van der Waals surface area contributed by atoms with Gasteiger partial charge in [-0.1, -0.05) is 31.9 Å². The van der Waals surface area contributed by atoms with Gasteiger partial charge in [0.1, 0.15) is 0 Å². The van der Waals surface area contributed by atoms with Crippen molar-refractivity contribution >= 4 is 37.8 Å². The lowest BCUT2D eigenvalue weighted by Gasteiger charge is -2.09. The summed E-state index contributed by atoms with van der Waals surface area (Å²) >= 11 is 5.85. The molecule has 0 saturated heterocycles. The third-order valence-corrected chi connectivity index (χ3v) is 2.00. The van der Waals surface area contributed by atoms with Gasteiger partial charge in [0.05, 0.1) is 12.5 Å². The zero-order valence-corrected chi connectivity index (χ0v) is 8.07. The second-order valence-corrected chi connectivity index (χ2v) is 5.18. The van der Waals surface area contributed by atoms with Gasteiger partial charge in [-0.25, -0.2) is 0 Å². The zero-order valence-electron chi connectivity index (χ0n) is 4.90. The Morgan fingerprint density at radius 1 is 1.70 bits per heavy atom. The minimum Gasteiger partial charge on any atom is -0.412 e. The Hall–Kier alpha value is -0.120. The molecule has 0 atom stereocenters. The van der Waals surface area contributed by atoms with Crippen LogP contribution in [0.2, 0.25) is 0 Å². The van der Waals surface area contributed by atoms with Gasteiger partial charge >= 0.3 is 0 Å². The number of amides is 1. The van der Waals surface area contributed by atoms with E-state index in [1.165, 1.54) is 0 Å². The second kappa shape index (κ2) is 4.66. The van der Waals surface area contributed by atoms with Gasteiger partial charge in [-0.05, 0) is 0 Å². The first-order chi connectivity index (χ1) is 4.00. The molecule has 0 saturated carbocycles. The molecule has 0 fully saturated rings. The number of carbonyl (C=O) groups excluding carboxylic acids is 1. The molecule has 0 rings (SSSR count). The molecule has 0 bridgehead atoms. The number of rotatable bonds is 2. The average Bonchev–Trinajstić information content (AvgIpc) is 1.65. The molecular formula is C4H6Br2N2O2. The van der Waals surface area contributed by atoms with Crippen molar-refractivity contribution in [2.75, 3.05) is 0 Å². The number of carbonyl (C=O) groups is 1. The smallest absolute Gasteiger partial charge is 0.246 e. The third kappa shape index (κ3) is 3.82. The summed E-state index contributed by atoms with van der Waals surface area (Å²) in [5, 5.41) is 8.13. The van der Waals surface area contributed by atoms with Crippen LogP contribution in [0.1, 0.15) is 6.42 Å². The van der Waals surface area contributed by atoms with E-state index < -0.39 is 9.14 Å². The quantitative estimate of drug-likeness (QED) is 0.719. The molecule has 58 valence electrons. The van der Waals surface area contributed by atoms with Crippen molar-refractivity contribution in [3.63, 3.8) is 0 Å². The van der Waals surface area contributed by atoms with E-state index >= 15 is 0 Å². The number of halogens is 2. The fourth-order valence-corrected chi connectivity index (χ4v) is 0.437. The fourth-order valence-electron chi connectivity index (χ4n) is 0.186. The molecule has 0 spiro atoms. The Labute approximate surface area is 74.9 Å². The van der Waals surface area contributed by atoms with Crippen LogP contribution in [-0.4, -0.2) is 14.6 Å².